The fourth-order valence-electron chi connectivity index (χ4n) is 4.35. The molecule has 1 saturated heterocycles. The van der Waals surface area contributed by atoms with E-state index < -0.39 is 0 Å². The molecule has 4 heteroatoms. The number of fused-ring (bicyclic) bond motifs is 3. The molecule has 1 aliphatic heterocycles. The van der Waals surface area contributed by atoms with Crippen molar-refractivity contribution in [3.8, 4) is 11.1 Å². The molecule has 4 nitrogen and oxygen atoms in total. The van der Waals surface area contributed by atoms with Crippen molar-refractivity contribution in [1.82, 2.24) is 19.4 Å². The third-order valence-electron chi connectivity index (χ3n) is 6.07. The van der Waals surface area contributed by atoms with Gasteiger partial charge in [0.15, 0.2) is 0 Å². The lowest BCUT2D eigenvalue weighted by molar-refractivity contribution is 0.148. The molecule has 2 aromatic carbocycles. The number of hydrogen-bond acceptors (Lipinski definition) is 3. The van der Waals surface area contributed by atoms with Crippen LogP contribution in [0.2, 0.25) is 0 Å². The predicted molar refractivity (Wildman–Crippen MR) is 116 cm³/mol. The first-order valence-corrected chi connectivity index (χ1v) is 10.0. The first-order valence-electron chi connectivity index (χ1n) is 10.0. The highest BCUT2D eigenvalue weighted by atomic mass is 15.2. The highest BCUT2D eigenvalue weighted by molar-refractivity contribution is 6.08. The Labute approximate surface area is 166 Å². The zero-order valence-corrected chi connectivity index (χ0v) is 16.6. The molecule has 142 valence electrons. The first-order chi connectivity index (χ1) is 13.7. The lowest BCUT2D eigenvalue weighted by Crippen LogP contribution is -2.43. The van der Waals surface area contributed by atoms with Crippen LogP contribution in [0.4, 0.5) is 0 Å². The lowest BCUT2D eigenvalue weighted by atomic mass is 10.0. The largest absolute Gasteiger partial charge is 0.342 e. The van der Waals surface area contributed by atoms with Crippen LogP contribution < -0.4 is 0 Å². The van der Waals surface area contributed by atoms with Crippen molar-refractivity contribution in [3.05, 3.63) is 66.5 Å². The topological polar surface area (TPSA) is 24.3 Å². The van der Waals surface area contributed by atoms with Crippen LogP contribution in [0.1, 0.15) is 5.56 Å². The zero-order valence-electron chi connectivity index (χ0n) is 16.6. The molecule has 1 fully saturated rings. The standard InChI is InChI=1S/C24H26N4/c1-26-10-12-28(13-11-26)17-18-4-3-5-19(14-18)20-6-7-23-22(15-20)21-8-9-25-16-24(21)27(23)2/h3-9,14-16H,10-13,17H2,1-2H3. The SMILES string of the molecule is CN1CCN(Cc2cccc(-c3ccc4c(c3)c3ccncc3n4C)c2)CC1. The van der Waals surface area contributed by atoms with E-state index >= 15 is 0 Å². The Morgan fingerprint density at radius 2 is 1.64 bits per heavy atom. The summed E-state index contributed by atoms with van der Waals surface area (Å²) in [4.78, 5) is 9.25. The number of aryl methyl sites for hydroxylation is 1. The van der Waals surface area contributed by atoms with Gasteiger partial charge in [0.25, 0.3) is 0 Å². The fourth-order valence-corrected chi connectivity index (χ4v) is 4.35. The van der Waals surface area contributed by atoms with Crippen LogP contribution in [0, 0.1) is 0 Å². The molecule has 0 bridgehead atoms. The van der Waals surface area contributed by atoms with Crippen molar-refractivity contribution in [2.75, 3.05) is 33.2 Å². The summed E-state index contributed by atoms with van der Waals surface area (Å²) >= 11 is 0. The summed E-state index contributed by atoms with van der Waals surface area (Å²) in [5, 5.41) is 2.56. The van der Waals surface area contributed by atoms with Gasteiger partial charge in [-0.2, -0.15) is 0 Å². The molecule has 4 aromatic rings. The van der Waals surface area contributed by atoms with Crippen LogP contribution >= 0.6 is 0 Å². The number of rotatable bonds is 3. The van der Waals surface area contributed by atoms with E-state index in [0.29, 0.717) is 0 Å². The van der Waals surface area contributed by atoms with Crippen LogP contribution in [0.25, 0.3) is 32.9 Å². The molecule has 1 aliphatic rings. The molecule has 0 spiro atoms. The molecule has 28 heavy (non-hydrogen) atoms. The molecular weight excluding hydrogens is 344 g/mol. The molecule has 3 heterocycles. The van der Waals surface area contributed by atoms with Gasteiger partial charge < -0.3 is 9.47 Å². The Balaban J connectivity index is 1.49. The highest BCUT2D eigenvalue weighted by Crippen LogP contribution is 2.31. The Bertz CT molecular complexity index is 1140. The van der Waals surface area contributed by atoms with Crippen molar-refractivity contribution >= 4 is 21.8 Å². The van der Waals surface area contributed by atoms with Gasteiger partial charge in [-0.15, -0.1) is 0 Å². The summed E-state index contributed by atoms with van der Waals surface area (Å²) in [6.07, 6.45) is 3.83. The van der Waals surface area contributed by atoms with E-state index in [-0.39, 0.29) is 0 Å². The van der Waals surface area contributed by atoms with E-state index in [1.807, 2.05) is 12.4 Å². The minimum atomic E-state index is 1.03. The Morgan fingerprint density at radius 1 is 0.821 bits per heavy atom. The number of benzene rings is 2. The highest BCUT2D eigenvalue weighted by Gasteiger charge is 2.14. The number of likely N-dealkylation sites (N-methyl/N-ethyl adjacent to an activating group) is 1. The second-order valence-corrected chi connectivity index (χ2v) is 7.96. The second-order valence-electron chi connectivity index (χ2n) is 7.96. The Hall–Kier alpha value is -2.69. The number of hydrogen-bond donors (Lipinski definition) is 0. The van der Waals surface area contributed by atoms with E-state index in [0.717, 1.165) is 32.7 Å². The van der Waals surface area contributed by atoms with Gasteiger partial charge in [-0.05, 0) is 48.0 Å². The van der Waals surface area contributed by atoms with Crippen LogP contribution in [-0.2, 0) is 13.6 Å². The minimum Gasteiger partial charge on any atom is -0.342 e. The maximum atomic E-state index is 4.29. The van der Waals surface area contributed by atoms with Gasteiger partial charge in [0.1, 0.15) is 0 Å². The van der Waals surface area contributed by atoms with Crippen molar-refractivity contribution < 1.29 is 0 Å². The number of aromatic nitrogens is 2. The summed E-state index contributed by atoms with van der Waals surface area (Å²) < 4.78 is 2.23. The van der Waals surface area contributed by atoms with E-state index in [1.54, 1.807) is 0 Å². The van der Waals surface area contributed by atoms with Crippen molar-refractivity contribution in [1.29, 1.82) is 0 Å². The normalized spacial score (nSPS) is 16.2. The van der Waals surface area contributed by atoms with E-state index in [2.05, 4.69) is 82.0 Å². The molecule has 0 N–H and O–H groups in total. The second kappa shape index (κ2) is 7.04. The molecule has 0 saturated carbocycles. The number of pyridine rings is 1. The van der Waals surface area contributed by atoms with Crippen LogP contribution in [0.3, 0.4) is 0 Å². The number of nitrogens with zero attached hydrogens (tertiary/aromatic N) is 4. The molecule has 0 amide bonds. The van der Waals surface area contributed by atoms with E-state index in [1.165, 1.54) is 38.5 Å². The number of piperazine rings is 1. The third kappa shape index (κ3) is 3.09. The molecule has 0 radical (unpaired) electrons. The van der Waals surface area contributed by atoms with E-state index in [4.69, 9.17) is 0 Å². The fraction of sp³-hybridized carbons (Fsp3) is 0.292. The van der Waals surface area contributed by atoms with Gasteiger partial charge in [0.2, 0.25) is 0 Å². The predicted octanol–water partition coefficient (Wildman–Crippen LogP) is 4.14. The van der Waals surface area contributed by atoms with Crippen molar-refractivity contribution in [2.24, 2.45) is 7.05 Å². The van der Waals surface area contributed by atoms with Gasteiger partial charge >= 0.3 is 0 Å². The Kier molecular flexibility index (Phi) is 4.38. The first kappa shape index (κ1) is 17.4. The van der Waals surface area contributed by atoms with Gasteiger partial charge in [-0.25, -0.2) is 0 Å². The molecule has 0 unspecified atom stereocenters. The maximum absolute atomic E-state index is 4.29. The monoisotopic (exact) mass is 370 g/mol. The minimum absolute atomic E-state index is 1.03. The molecule has 5 rings (SSSR count). The average Bonchev–Trinajstić information content (AvgIpc) is 3.02. The lowest BCUT2D eigenvalue weighted by Gasteiger charge is -2.32. The van der Waals surface area contributed by atoms with Gasteiger partial charge in [0.05, 0.1) is 11.7 Å². The summed E-state index contributed by atoms with van der Waals surface area (Å²) in [6, 6.07) is 17.9. The van der Waals surface area contributed by atoms with Crippen molar-refractivity contribution in [3.63, 3.8) is 0 Å². The van der Waals surface area contributed by atoms with Crippen LogP contribution in [-0.4, -0.2) is 52.6 Å². The van der Waals surface area contributed by atoms with E-state index in [9.17, 15) is 0 Å². The summed E-state index contributed by atoms with van der Waals surface area (Å²) in [5.41, 5.74) is 6.39. The third-order valence-corrected chi connectivity index (χ3v) is 6.07. The summed E-state index contributed by atoms with van der Waals surface area (Å²) in [7, 11) is 4.32. The summed E-state index contributed by atoms with van der Waals surface area (Å²) in [5.74, 6) is 0. The molecule has 0 atom stereocenters. The molecule has 2 aromatic heterocycles. The van der Waals surface area contributed by atoms with Gasteiger partial charge in [-0.1, -0.05) is 24.3 Å². The quantitative estimate of drug-likeness (QED) is 0.542. The smallest absolute Gasteiger partial charge is 0.0675 e. The molecular formula is C24H26N4. The maximum Gasteiger partial charge on any atom is 0.0675 e. The van der Waals surface area contributed by atoms with Crippen molar-refractivity contribution in [2.45, 2.75) is 6.54 Å². The zero-order chi connectivity index (χ0) is 19.1. The van der Waals surface area contributed by atoms with Gasteiger partial charge in [-0.3, -0.25) is 9.88 Å². The summed E-state index contributed by atoms with van der Waals surface area (Å²) in [6.45, 7) is 5.65. The average molecular weight is 371 g/mol. The molecule has 0 aliphatic carbocycles. The van der Waals surface area contributed by atoms with Gasteiger partial charge in [0, 0.05) is 62.3 Å². The Morgan fingerprint density at radius 3 is 2.50 bits per heavy atom. The van der Waals surface area contributed by atoms with Crippen LogP contribution in [0.5, 0.6) is 0 Å². The van der Waals surface area contributed by atoms with Crippen LogP contribution in [0.15, 0.2) is 60.9 Å².